The van der Waals surface area contributed by atoms with Gasteiger partial charge in [0.15, 0.2) is 0 Å². The van der Waals surface area contributed by atoms with Crippen molar-refractivity contribution < 1.29 is 9.47 Å². The van der Waals surface area contributed by atoms with E-state index >= 15 is 0 Å². The number of methoxy groups -OCH3 is 2. The van der Waals surface area contributed by atoms with E-state index in [2.05, 4.69) is 0 Å². The number of benzene rings is 2. The maximum atomic E-state index is 5.67. The van der Waals surface area contributed by atoms with Crippen LogP contribution in [0.25, 0.3) is 11.1 Å². The number of rotatable bonds is 3. The smallest absolute Gasteiger partial charge is 0.130 e. The fourth-order valence-corrected chi connectivity index (χ4v) is 1.70. The first-order valence-electron chi connectivity index (χ1n) is 5.32. The molecule has 2 aromatic rings. The van der Waals surface area contributed by atoms with Crippen LogP contribution < -0.4 is 9.47 Å². The van der Waals surface area contributed by atoms with Crippen molar-refractivity contribution >= 4 is 0 Å². The summed E-state index contributed by atoms with van der Waals surface area (Å²) in [6.07, 6.45) is 0. The van der Waals surface area contributed by atoms with Crippen molar-refractivity contribution in [1.29, 1.82) is 0 Å². The summed E-state index contributed by atoms with van der Waals surface area (Å²) in [5.41, 5.74) is 2.84. The fourth-order valence-electron chi connectivity index (χ4n) is 1.70. The van der Waals surface area contributed by atoms with Gasteiger partial charge in [-0.15, -0.1) is 0 Å². The van der Waals surface area contributed by atoms with Crippen molar-refractivity contribution in [3.63, 3.8) is 0 Å². The molecule has 0 spiro atoms. The zero-order valence-electron chi connectivity index (χ0n) is 9.94. The lowest BCUT2D eigenvalue weighted by Gasteiger charge is -2.10. The van der Waals surface area contributed by atoms with E-state index in [1.807, 2.05) is 42.5 Å². The maximum absolute atomic E-state index is 5.67. The minimum Gasteiger partial charge on any atom is -0.497 e. The molecule has 2 radical (unpaired) electrons. The van der Waals surface area contributed by atoms with Crippen LogP contribution in [0, 0.1) is 6.92 Å². The Morgan fingerprint density at radius 3 is 2.18 bits per heavy atom. The van der Waals surface area contributed by atoms with Gasteiger partial charge in [0, 0.05) is 11.6 Å². The third-order valence-electron chi connectivity index (χ3n) is 2.63. The van der Waals surface area contributed by atoms with Gasteiger partial charge in [-0.3, -0.25) is 0 Å². The zero-order valence-corrected chi connectivity index (χ0v) is 9.94. The fraction of sp³-hybridized carbons (Fsp3) is 0.133. The normalized spacial score (nSPS) is 10.1. The van der Waals surface area contributed by atoms with Crippen LogP contribution in [0.4, 0.5) is 0 Å². The molecule has 2 rings (SSSR count). The van der Waals surface area contributed by atoms with E-state index in [-0.39, 0.29) is 0 Å². The van der Waals surface area contributed by atoms with Crippen molar-refractivity contribution in [2.45, 2.75) is 0 Å². The van der Waals surface area contributed by atoms with Crippen LogP contribution in [-0.2, 0) is 0 Å². The third kappa shape index (κ3) is 2.41. The van der Waals surface area contributed by atoms with Gasteiger partial charge in [0.25, 0.3) is 0 Å². The number of hydrogen-bond donors (Lipinski definition) is 0. The van der Waals surface area contributed by atoms with Gasteiger partial charge >= 0.3 is 0 Å². The van der Waals surface area contributed by atoms with Crippen LogP contribution >= 0.6 is 0 Å². The van der Waals surface area contributed by atoms with E-state index in [1.165, 1.54) is 0 Å². The molecule has 2 aromatic carbocycles. The first kappa shape index (κ1) is 11.5. The molecule has 0 bridgehead atoms. The lowest BCUT2D eigenvalue weighted by molar-refractivity contribution is 0.395. The lowest BCUT2D eigenvalue weighted by Crippen LogP contribution is -1.90. The van der Waals surface area contributed by atoms with Gasteiger partial charge in [-0.25, -0.2) is 0 Å². The van der Waals surface area contributed by atoms with Gasteiger partial charge in [0.05, 0.1) is 14.2 Å². The summed E-state index contributed by atoms with van der Waals surface area (Å²) in [6, 6.07) is 13.4. The van der Waals surface area contributed by atoms with Crippen LogP contribution in [0.15, 0.2) is 42.5 Å². The largest absolute Gasteiger partial charge is 0.497 e. The van der Waals surface area contributed by atoms with Crippen LogP contribution in [0.2, 0.25) is 0 Å². The minimum absolute atomic E-state index is 0.751. The van der Waals surface area contributed by atoms with Gasteiger partial charge in [0.1, 0.15) is 11.5 Å². The van der Waals surface area contributed by atoms with E-state index in [0.717, 1.165) is 28.2 Å². The van der Waals surface area contributed by atoms with Crippen LogP contribution in [0.3, 0.4) is 0 Å². The molecule has 0 N–H and O–H groups in total. The molecule has 0 aromatic heterocycles. The monoisotopic (exact) mass is 226 g/mol. The highest BCUT2D eigenvalue weighted by Gasteiger charge is 2.06. The zero-order chi connectivity index (χ0) is 12.3. The van der Waals surface area contributed by atoms with Gasteiger partial charge in [0.2, 0.25) is 0 Å². The van der Waals surface area contributed by atoms with E-state index in [4.69, 9.17) is 16.4 Å². The summed E-state index contributed by atoms with van der Waals surface area (Å²) in [7, 11) is 3.28. The lowest BCUT2D eigenvalue weighted by atomic mass is 10.0. The molecule has 0 amide bonds. The Morgan fingerprint density at radius 1 is 0.882 bits per heavy atom. The SMILES string of the molecule is [CH]c1ccc(-c2ccc(OC)cc2OC)cc1. The standard InChI is InChI=1S/C15H14O2/c1-11-4-6-12(7-5-11)14-9-8-13(16-2)10-15(14)17-3/h1,4-10H,2-3H3. The van der Waals surface area contributed by atoms with E-state index in [1.54, 1.807) is 14.2 Å². The van der Waals surface area contributed by atoms with Crippen molar-refractivity contribution in [3.05, 3.63) is 55.0 Å². The molecular weight excluding hydrogens is 212 g/mol. The first-order chi connectivity index (χ1) is 8.24. The Hall–Kier alpha value is -1.96. The molecule has 0 saturated heterocycles. The predicted molar refractivity (Wildman–Crippen MR) is 68.4 cm³/mol. The summed E-state index contributed by atoms with van der Waals surface area (Å²) in [5.74, 6) is 1.56. The molecular formula is C15H14O2. The number of ether oxygens (including phenoxy) is 2. The van der Waals surface area contributed by atoms with E-state index in [9.17, 15) is 0 Å². The summed E-state index contributed by atoms with van der Waals surface area (Å²) in [5, 5.41) is 0. The third-order valence-corrected chi connectivity index (χ3v) is 2.63. The van der Waals surface area contributed by atoms with Crippen LogP contribution in [-0.4, -0.2) is 14.2 Å². The molecule has 0 aliphatic rings. The second-order valence-electron chi connectivity index (χ2n) is 3.69. The van der Waals surface area contributed by atoms with Crippen molar-refractivity contribution in [1.82, 2.24) is 0 Å². The Morgan fingerprint density at radius 2 is 1.59 bits per heavy atom. The van der Waals surface area contributed by atoms with Gasteiger partial charge in [-0.1, -0.05) is 24.3 Å². The molecule has 2 nitrogen and oxygen atoms in total. The van der Waals surface area contributed by atoms with Crippen LogP contribution in [0.5, 0.6) is 11.5 Å². The van der Waals surface area contributed by atoms with E-state index < -0.39 is 0 Å². The molecule has 0 atom stereocenters. The van der Waals surface area contributed by atoms with Crippen molar-refractivity contribution in [2.75, 3.05) is 14.2 Å². The highest BCUT2D eigenvalue weighted by molar-refractivity contribution is 5.71. The molecule has 0 heterocycles. The van der Waals surface area contributed by atoms with E-state index in [0.29, 0.717) is 0 Å². The molecule has 0 aliphatic heterocycles. The second kappa shape index (κ2) is 4.91. The maximum Gasteiger partial charge on any atom is 0.130 e. The topological polar surface area (TPSA) is 18.5 Å². The Kier molecular flexibility index (Phi) is 3.33. The van der Waals surface area contributed by atoms with Gasteiger partial charge in [-0.05, 0) is 30.2 Å². The van der Waals surface area contributed by atoms with Crippen LogP contribution in [0.1, 0.15) is 5.56 Å². The summed E-state index contributed by atoms with van der Waals surface area (Å²) < 4.78 is 10.5. The van der Waals surface area contributed by atoms with Crippen molar-refractivity contribution in [3.8, 4) is 22.6 Å². The average molecular weight is 226 g/mol. The highest BCUT2D eigenvalue weighted by atomic mass is 16.5. The predicted octanol–water partition coefficient (Wildman–Crippen LogP) is 3.43. The molecule has 86 valence electrons. The minimum atomic E-state index is 0.751. The Bertz CT molecular complexity index is 501. The second-order valence-corrected chi connectivity index (χ2v) is 3.69. The van der Waals surface area contributed by atoms with Crippen molar-refractivity contribution in [2.24, 2.45) is 0 Å². The Labute approximate surface area is 102 Å². The molecule has 2 heteroatoms. The number of hydrogen-bond acceptors (Lipinski definition) is 2. The first-order valence-corrected chi connectivity index (χ1v) is 5.32. The average Bonchev–Trinajstić information content (AvgIpc) is 2.39. The summed E-state index contributed by atoms with van der Waals surface area (Å²) in [6.45, 7) is 5.67. The van der Waals surface area contributed by atoms with Gasteiger partial charge < -0.3 is 9.47 Å². The summed E-state index contributed by atoms with van der Waals surface area (Å²) in [4.78, 5) is 0. The van der Waals surface area contributed by atoms with Gasteiger partial charge in [-0.2, -0.15) is 0 Å². The molecule has 0 fully saturated rings. The Balaban J connectivity index is 2.47. The molecule has 0 saturated carbocycles. The summed E-state index contributed by atoms with van der Waals surface area (Å²) >= 11 is 0. The molecule has 0 aliphatic carbocycles. The quantitative estimate of drug-likeness (QED) is 0.798. The molecule has 0 unspecified atom stereocenters. The highest BCUT2D eigenvalue weighted by Crippen LogP contribution is 2.33. The molecule has 17 heavy (non-hydrogen) atoms.